The van der Waals surface area contributed by atoms with Crippen molar-refractivity contribution in [2.24, 2.45) is 0 Å². The van der Waals surface area contributed by atoms with Gasteiger partial charge in [0.2, 0.25) is 29.5 Å². The first kappa shape index (κ1) is 33.5. The molecule has 0 unspecified atom stereocenters. The van der Waals surface area contributed by atoms with Crippen LogP contribution in [0.1, 0.15) is 24.0 Å². The van der Waals surface area contributed by atoms with Crippen LogP contribution >= 0.6 is 11.6 Å². The summed E-state index contributed by atoms with van der Waals surface area (Å²) in [6.45, 7) is -1.12. The van der Waals surface area contributed by atoms with E-state index < -0.39 is 60.5 Å². The maximum atomic E-state index is 12.9. The van der Waals surface area contributed by atoms with Crippen molar-refractivity contribution in [3.05, 3.63) is 77.9 Å². The van der Waals surface area contributed by atoms with Gasteiger partial charge in [0.25, 0.3) is 11.8 Å². The monoisotopic (exact) mass is 624 g/mol. The van der Waals surface area contributed by atoms with Crippen molar-refractivity contribution in [2.75, 3.05) is 31.5 Å². The van der Waals surface area contributed by atoms with Crippen LogP contribution in [0.2, 0.25) is 0 Å². The molecule has 14 heteroatoms. The molecule has 3 rings (SSSR count). The Kier molecular flexibility index (Phi) is 13.1. The van der Waals surface area contributed by atoms with E-state index in [2.05, 4.69) is 26.6 Å². The number of anilines is 1. The van der Waals surface area contributed by atoms with Gasteiger partial charge in [0.1, 0.15) is 6.04 Å². The van der Waals surface area contributed by atoms with E-state index >= 15 is 0 Å². The first-order chi connectivity index (χ1) is 21.1. The molecule has 0 spiro atoms. The molecule has 1 atom stereocenters. The summed E-state index contributed by atoms with van der Waals surface area (Å²) in [5.41, 5.74) is 2.18. The van der Waals surface area contributed by atoms with E-state index in [4.69, 9.17) is 11.6 Å². The van der Waals surface area contributed by atoms with Crippen molar-refractivity contribution in [3.8, 4) is 0 Å². The van der Waals surface area contributed by atoms with Gasteiger partial charge in [-0.2, -0.15) is 0 Å². The van der Waals surface area contributed by atoms with E-state index in [0.717, 1.165) is 28.2 Å². The van der Waals surface area contributed by atoms with Crippen LogP contribution in [-0.4, -0.2) is 78.5 Å². The highest BCUT2D eigenvalue weighted by Gasteiger charge is 2.24. The van der Waals surface area contributed by atoms with Crippen molar-refractivity contribution < 1.29 is 33.6 Å². The molecule has 2 aromatic carbocycles. The van der Waals surface area contributed by atoms with Crippen molar-refractivity contribution in [2.45, 2.75) is 31.2 Å². The lowest BCUT2D eigenvalue weighted by Gasteiger charge is -2.19. The number of nitrogens with zero attached hydrogens (tertiary/aromatic N) is 1. The Labute approximate surface area is 258 Å². The molecule has 0 aliphatic carbocycles. The number of imide groups is 1. The quantitative estimate of drug-likeness (QED) is 0.130. The summed E-state index contributed by atoms with van der Waals surface area (Å²) >= 11 is 5.77. The van der Waals surface area contributed by atoms with Crippen LogP contribution in [0.25, 0.3) is 0 Å². The van der Waals surface area contributed by atoms with Crippen LogP contribution in [0, 0.1) is 0 Å². The fourth-order valence-electron chi connectivity index (χ4n) is 4.04. The molecule has 232 valence electrons. The predicted octanol–water partition coefficient (Wildman–Crippen LogP) is 0.145. The Balaban J connectivity index is 1.41. The Morgan fingerprint density at radius 2 is 1.32 bits per heavy atom. The van der Waals surface area contributed by atoms with E-state index in [0.29, 0.717) is 11.6 Å². The first-order valence-electron chi connectivity index (χ1n) is 13.8. The summed E-state index contributed by atoms with van der Waals surface area (Å²) in [5.74, 6) is -3.36. The molecule has 1 heterocycles. The van der Waals surface area contributed by atoms with Crippen LogP contribution in [0.15, 0.2) is 66.7 Å². The standard InChI is InChI=1S/C30H33ClN6O7/c31-16-21-8-10-22(11-9-21)35-26(40)19-34-30(44)23(15-20-5-2-1-3-6-20)36-27(41)18-33-25(39)17-32-24(38)7-4-14-37-28(42)12-13-29(37)43/h1-3,5-6,8-13,23H,4,7,14-19H2,(H,32,38)(H,33,39)(H,34,44)(H,35,40)(H,36,41)/t23-/m0/s1. The van der Waals surface area contributed by atoms with Gasteiger partial charge in [-0.3, -0.25) is 38.5 Å². The maximum Gasteiger partial charge on any atom is 0.253 e. The SMILES string of the molecule is O=C(CCCN1C(=O)C=CC1=O)NCC(=O)NCC(=O)N[C@@H](Cc1ccccc1)C(=O)NCC(=O)Nc1ccc(CCl)cc1. The van der Waals surface area contributed by atoms with E-state index in [9.17, 15) is 33.6 Å². The minimum atomic E-state index is -1.04. The molecule has 7 amide bonds. The zero-order chi connectivity index (χ0) is 31.9. The first-order valence-corrected chi connectivity index (χ1v) is 14.3. The Morgan fingerprint density at radius 1 is 0.705 bits per heavy atom. The number of hydrogen-bond donors (Lipinski definition) is 5. The van der Waals surface area contributed by atoms with Crippen molar-refractivity contribution in [1.82, 2.24) is 26.2 Å². The molecule has 1 aliphatic heterocycles. The lowest BCUT2D eigenvalue weighted by Crippen LogP contribution is -2.52. The molecule has 0 radical (unpaired) electrons. The van der Waals surface area contributed by atoms with Crippen molar-refractivity contribution >= 4 is 58.6 Å². The molecule has 0 saturated carbocycles. The summed E-state index contributed by atoms with van der Waals surface area (Å²) in [4.78, 5) is 86.1. The third-order valence-corrected chi connectivity index (χ3v) is 6.64. The Morgan fingerprint density at radius 3 is 1.98 bits per heavy atom. The molecule has 13 nitrogen and oxygen atoms in total. The molecule has 0 aromatic heterocycles. The lowest BCUT2D eigenvalue weighted by atomic mass is 10.1. The van der Waals surface area contributed by atoms with Crippen LogP contribution < -0.4 is 26.6 Å². The van der Waals surface area contributed by atoms with E-state index in [-0.39, 0.29) is 32.4 Å². The zero-order valence-corrected chi connectivity index (χ0v) is 24.5. The van der Waals surface area contributed by atoms with Crippen molar-refractivity contribution in [1.29, 1.82) is 0 Å². The molecule has 0 fully saturated rings. The summed E-state index contributed by atoms with van der Waals surface area (Å²) < 4.78 is 0. The van der Waals surface area contributed by atoms with Crippen LogP contribution in [0.3, 0.4) is 0 Å². The number of rotatable bonds is 16. The average Bonchev–Trinajstić information content (AvgIpc) is 3.34. The second-order valence-corrected chi connectivity index (χ2v) is 9.99. The van der Waals surface area contributed by atoms with Gasteiger partial charge in [-0.1, -0.05) is 42.5 Å². The second kappa shape index (κ2) is 17.2. The fraction of sp³-hybridized carbons (Fsp3) is 0.300. The van der Waals surface area contributed by atoms with E-state index in [1.807, 2.05) is 6.07 Å². The Hall–Kier alpha value is -5.04. The summed E-state index contributed by atoms with van der Waals surface area (Å²) in [6, 6.07) is 14.8. The zero-order valence-electron chi connectivity index (χ0n) is 23.8. The highest BCUT2D eigenvalue weighted by molar-refractivity contribution is 6.17. The fourth-order valence-corrected chi connectivity index (χ4v) is 4.21. The maximum absolute atomic E-state index is 12.9. The number of carbonyl (C=O) groups is 7. The number of halogens is 1. The second-order valence-electron chi connectivity index (χ2n) is 9.72. The summed E-state index contributed by atoms with van der Waals surface area (Å²) in [7, 11) is 0. The van der Waals surface area contributed by atoms with E-state index in [1.54, 1.807) is 48.5 Å². The van der Waals surface area contributed by atoms with Gasteiger partial charge >= 0.3 is 0 Å². The molecule has 2 aromatic rings. The lowest BCUT2D eigenvalue weighted by molar-refractivity contribution is -0.137. The largest absolute Gasteiger partial charge is 0.347 e. The molecular weight excluding hydrogens is 592 g/mol. The highest BCUT2D eigenvalue weighted by Crippen LogP contribution is 2.11. The molecule has 1 aliphatic rings. The number of carbonyl (C=O) groups excluding carboxylic acids is 7. The number of amides is 7. The van der Waals surface area contributed by atoms with Crippen LogP contribution in [-0.2, 0) is 45.9 Å². The minimum Gasteiger partial charge on any atom is -0.347 e. The van der Waals surface area contributed by atoms with Gasteiger partial charge < -0.3 is 26.6 Å². The minimum absolute atomic E-state index is 0.0144. The molecular formula is C30H33ClN6O7. The smallest absolute Gasteiger partial charge is 0.253 e. The number of benzene rings is 2. The average molecular weight is 625 g/mol. The van der Waals surface area contributed by atoms with Crippen LogP contribution in [0.4, 0.5) is 5.69 Å². The summed E-state index contributed by atoms with van der Waals surface area (Å²) in [5, 5.41) is 12.5. The number of alkyl halides is 1. The molecule has 0 saturated heterocycles. The van der Waals surface area contributed by atoms with Gasteiger partial charge in [-0.05, 0) is 29.7 Å². The number of nitrogens with one attached hydrogen (secondary N) is 5. The van der Waals surface area contributed by atoms with E-state index in [1.165, 1.54) is 0 Å². The van der Waals surface area contributed by atoms with Crippen molar-refractivity contribution in [3.63, 3.8) is 0 Å². The summed E-state index contributed by atoms with van der Waals surface area (Å²) in [6.07, 6.45) is 2.66. The normalized spacial score (nSPS) is 12.8. The third-order valence-electron chi connectivity index (χ3n) is 6.33. The highest BCUT2D eigenvalue weighted by atomic mass is 35.5. The molecule has 44 heavy (non-hydrogen) atoms. The molecule has 0 bridgehead atoms. The Bertz CT molecular complexity index is 1380. The van der Waals surface area contributed by atoms with Gasteiger partial charge in [0.05, 0.1) is 19.6 Å². The third kappa shape index (κ3) is 11.3. The van der Waals surface area contributed by atoms with Crippen LogP contribution in [0.5, 0.6) is 0 Å². The number of hydrogen-bond acceptors (Lipinski definition) is 7. The molecule has 5 N–H and O–H groups in total. The predicted molar refractivity (Wildman–Crippen MR) is 161 cm³/mol. The topological polar surface area (TPSA) is 183 Å². The van der Waals surface area contributed by atoms with Gasteiger partial charge in [-0.25, -0.2) is 0 Å². The van der Waals surface area contributed by atoms with Gasteiger partial charge in [0.15, 0.2) is 0 Å². The van der Waals surface area contributed by atoms with Gasteiger partial charge in [-0.15, -0.1) is 11.6 Å². The van der Waals surface area contributed by atoms with Gasteiger partial charge in [0, 0.05) is 43.1 Å².